The van der Waals surface area contributed by atoms with Crippen molar-refractivity contribution in [1.29, 1.82) is 0 Å². The van der Waals surface area contributed by atoms with Crippen LogP contribution < -0.4 is 14.4 Å². The molecule has 29 heavy (non-hydrogen) atoms. The molecular formula is C22H30N2O4S. The zero-order valence-electron chi connectivity index (χ0n) is 17.9. The number of rotatable bonds is 8. The number of hydrogen-bond acceptors (Lipinski definition) is 4. The lowest BCUT2D eigenvalue weighted by atomic mass is 10.0. The summed E-state index contributed by atoms with van der Waals surface area (Å²) >= 11 is 0. The van der Waals surface area contributed by atoms with Gasteiger partial charge in [-0.1, -0.05) is 25.1 Å². The Bertz CT molecular complexity index is 955. The molecule has 7 heteroatoms. The third-order valence-corrected chi connectivity index (χ3v) is 6.32. The molecule has 0 saturated carbocycles. The first-order valence-corrected chi connectivity index (χ1v) is 11.4. The lowest BCUT2D eigenvalue weighted by Crippen LogP contribution is -2.48. The molecule has 2 aromatic carbocycles. The molecule has 158 valence electrons. The van der Waals surface area contributed by atoms with E-state index in [1.807, 2.05) is 51.1 Å². The van der Waals surface area contributed by atoms with Crippen molar-refractivity contribution in [1.82, 2.24) is 5.32 Å². The van der Waals surface area contributed by atoms with E-state index in [2.05, 4.69) is 5.32 Å². The summed E-state index contributed by atoms with van der Waals surface area (Å²) in [7, 11) is -2.05. The molecule has 0 aliphatic rings. The molecule has 0 unspecified atom stereocenters. The minimum atomic E-state index is -3.65. The third kappa shape index (κ3) is 5.50. The Morgan fingerprint density at radius 3 is 2.21 bits per heavy atom. The van der Waals surface area contributed by atoms with E-state index in [4.69, 9.17) is 4.74 Å². The van der Waals surface area contributed by atoms with Crippen molar-refractivity contribution in [3.8, 4) is 5.75 Å². The van der Waals surface area contributed by atoms with E-state index in [1.165, 1.54) is 4.31 Å². The number of benzene rings is 2. The molecule has 1 N–H and O–H groups in total. The quantitative estimate of drug-likeness (QED) is 0.709. The number of sulfonamides is 1. The highest BCUT2D eigenvalue weighted by molar-refractivity contribution is 7.92. The van der Waals surface area contributed by atoms with Crippen molar-refractivity contribution >= 4 is 21.6 Å². The van der Waals surface area contributed by atoms with Crippen LogP contribution >= 0.6 is 0 Å². The predicted octanol–water partition coefficient (Wildman–Crippen LogP) is 3.73. The number of ether oxygens (including phenoxy) is 1. The van der Waals surface area contributed by atoms with Crippen LogP contribution in [0.4, 0.5) is 5.69 Å². The zero-order chi connectivity index (χ0) is 21.8. The van der Waals surface area contributed by atoms with Crippen molar-refractivity contribution in [2.24, 2.45) is 0 Å². The zero-order valence-corrected chi connectivity index (χ0v) is 18.7. The first-order valence-electron chi connectivity index (χ1n) is 9.59. The number of amides is 1. The summed E-state index contributed by atoms with van der Waals surface area (Å²) in [4.78, 5) is 13.0. The Morgan fingerprint density at radius 1 is 1.10 bits per heavy atom. The van der Waals surface area contributed by atoms with Gasteiger partial charge in [0.25, 0.3) is 0 Å². The maximum absolute atomic E-state index is 13.0. The minimum Gasteiger partial charge on any atom is -0.497 e. The van der Waals surface area contributed by atoms with Crippen LogP contribution in [0.2, 0.25) is 0 Å². The highest BCUT2D eigenvalue weighted by atomic mass is 32.2. The Kier molecular flexibility index (Phi) is 7.30. The molecule has 6 nitrogen and oxygen atoms in total. The maximum atomic E-state index is 13.0. The third-order valence-electron chi connectivity index (χ3n) is 5.08. The summed E-state index contributed by atoms with van der Waals surface area (Å²) in [5, 5.41) is 2.98. The van der Waals surface area contributed by atoms with E-state index < -0.39 is 16.1 Å². The highest BCUT2D eigenvalue weighted by Gasteiger charge is 2.30. The standard InChI is InChI=1S/C22H30N2O4S/c1-7-21(18-9-12-20(28-5)13-10-18)23-22(25)17(4)24(29(6,26)27)19-11-8-15(2)16(3)14-19/h8-14,17,21H,7H2,1-6H3,(H,23,25)/t17-,21+/m1/s1. The minimum absolute atomic E-state index is 0.225. The number of carbonyl (C=O) groups excluding carboxylic acids is 1. The summed E-state index contributed by atoms with van der Waals surface area (Å²) < 4.78 is 31.4. The van der Waals surface area contributed by atoms with Crippen LogP contribution in [-0.4, -0.2) is 33.7 Å². The Balaban J connectivity index is 2.28. The van der Waals surface area contributed by atoms with Gasteiger partial charge in [0.15, 0.2) is 0 Å². The van der Waals surface area contributed by atoms with Gasteiger partial charge in [-0.15, -0.1) is 0 Å². The average molecular weight is 419 g/mol. The maximum Gasteiger partial charge on any atom is 0.244 e. The highest BCUT2D eigenvalue weighted by Crippen LogP contribution is 2.25. The van der Waals surface area contributed by atoms with Crippen molar-refractivity contribution in [2.45, 2.75) is 46.2 Å². The summed E-state index contributed by atoms with van der Waals surface area (Å²) in [5.41, 5.74) is 3.44. The van der Waals surface area contributed by atoms with E-state index >= 15 is 0 Å². The molecule has 0 aromatic heterocycles. The fraction of sp³-hybridized carbons (Fsp3) is 0.409. The number of methoxy groups -OCH3 is 1. The van der Waals surface area contributed by atoms with Crippen LogP contribution in [-0.2, 0) is 14.8 Å². The van der Waals surface area contributed by atoms with Crippen molar-refractivity contribution in [2.75, 3.05) is 17.7 Å². The Morgan fingerprint density at radius 2 is 1.72 bits per heavy atom. The van der Waals surface area contributed by atoms with Crippen molar-refractivity contribution < 1.29 is 17.9 Å². The molecule has 0 fully saturated rings. The van der Waals surface area contributed by atoms with Gasteiger partial charge >= 0.3 is 0 Å². The van der Waals surface area contributed by atoms with Crippen molar-refractivity contribution in [3.63, 3.8) is 0 Å². The molecule has 0 aliphatic carbocycles. The number of carbonyl (C=O) groups is 1. The number of anilines is 1. The van der Waals surface area contributed by atoms with Crippen LogP contribution in [0.25, 0.3) is 0 Å². The van der Waals surface area contributed by atoms with Gasteiger partial charge in [0.1, 0.15) is 11.8 Å². The number of aryl methyl sites for hydroxylation is 2. The predicted molar refractivity (Wildman–Crippen MR) is 117 cm³/mol. The van der Waals surface area contributed by atoms with Gasteiger partial charge in [0.05, 0.1) is 25.1 Å². The SMILES string of the molecule is CC[C@H](NC(=O)[C@@H](C)N(c1ccc(C)c(C)c1)S(C)(=O)=O)c1ccc(OC)cc1. The fourth-order valence-electron chi connectivity index (χ4n) is 3.22. The molecule has 1 amide bonds. The summed E-state index contributed by atoms with van der Waals surface area (Å²) in [6, 6.07) is 11.7. The Hall–Kier alpha value is -2.54. The van der Waals surface area contributed by atoms with Crippen LogP contribution in [0, 0.1) is 13.8 Å². The van der Waals surface area contributed by atoms with E-state index in [-0.39, 0.29) is 11.9 Å². The van der Waals surface area contributed by atoms with Gasteiger partial charge in [-0.3, -0.25) is 9.10 Å². The molecule has 0 heterocycles. The molecule has 2 rings (SSSR count). The number of nitrogens with one attached hydrogen (secondary N) is 1. The molecule has 2 aromatic rings. The topological polar surface area (TPSA) is 75.7 Å². The average Bonchev–Trinajstić information content (AvgIpc) is 2.67. The number of nitrogens with zero attached hydrogens (tertiary/aromatic N) is 1. The summed E-state index contributed by atoms with van der Waals surface area (Å²) in [5.74, 6) is 0.387. The van der Waals surface area contributed by atoms with Gasteiger partial charge in [0.2, 0.25) is 15.9 Å². The lowest BCUT2D eigenvalue weighted by molar-refractivity contribution is -0.122. The second-order valence-electron chi connectivity index (χ2n) is 7.25. The molecule has 2 atom stereocenters. The molecule has 0 saturated heterocycles. The van der Waals surface area contributed by atoms with Crippen LogP contribution in [0.15, 0.2) is 42.5 Å². The summed E-state index contributed by atoms with van der Waals surface area (Å²) in [6.07, 6.45) is 1.79. The van der Waals surface area contributed by atoms with Gasteiger partial charge in [-0.25, -0.2) is 8.42 Å². The van der Waals surface area contributed by atoms with Crippen LogP contribution in [0.3, 0.4) is 0 Å². The largest absolute Gasteiger partial charge is 0.497 e. The first kappa shape index (κ1) is 22.7. The fourth-order valence-corrected chi connectivity index (χ4v) is 4.39. The lowest BCUT2D eigenvalue weighted by Gasteiger charge is -2.30. The normalized spacial score (nSPS) is 13.4. The van der Waals surface area contributed by atoms with Gasteiger partial charge in [0, 0.05) is 0 Å². The Labute approximate surface area is 173 Å². The first-order chi connectivity index (χ1) is 13.6. The smallest absolute Gasteiger partial charge is 0.244 e. The molecule has 0 aliphatic heterocycles. The van der Waals surface area contributed by atoms with Gasteiger partial charge in [-0.2, -0.15) is 0 Å². The molecular weight excluding hydrogens is 388 g/mol. The van der Waals surface area contributed by atoms with E-state index in [0.717, 1.165) is 28.7 Å². The van der Waals surface area contributed by atoms with Gasteiger partial charge < -0.3 is 10.1 Å². The molecule has 0 radical (unpaired) electrons. The summed E-state index contributed by atoms with van der Waals surface area (Å²) in [6.45, 7) is 7.45. The molecule has 0 bridgehead atoms. The number of hydrogen-bond donors (Lipinski definition) is 1. The second kappa shape index (κ2) is 9.31. The van der Waals surface area contributed by atoms with E-state index in [1.54, 1.807) is 26.2 Å². The van der Waals surface area contributed by atoms with Crippen molar-refractivity contribution in [3.05, 3.63) is 59.2 Å². The molecule has 0 spiro atoms. The van der Waals surface area contributed by atoms with E-state index in [9.17, 15) is 13.2 Å². The van der Waals surface area contributed by atoms with Gasteiger partial charge in [-0.05, 0) is 68.1 Å². The van der Waals surface area contributed by atoms with Crippen LogP contribution in [0.1, 0.15) is 43.0 Å². The monoisotopic (exact) mass is 418 g/mol. The second-order valence-corrected chi connectivity index (χ2v) is 9.11. The van der Waals surface area contributed by atoms with E-state index in [0.29, 0.717) is 12.1 Å². The van der Waals surface area contributed by atoms with Crippen LogP contribution in [0.5, 0.6) is 5.75 Å².